The van der Waals surface area contributed by atoms with Gasteiger partial charge in [0.15, 0.2) is 14.9 Å². The zero-order valence-electron chi connectivity index (χ0n) is 12.8. The highest BCUT2D eigenvalue weighted by molar-refractivity contribution is 7.91. The van der Waals surface area contributed by atoms with Crippen LogP contribution >= 0.6 is 12.2 Å². The molecule has 0 amide bonds. The first-order valence-electron chi connectivity index (χ1n) is 7.69. The first-order chi connectivity index (χ1) is 11.4. The molecule has 0 saturated carbocycles. The van der Waals surface area contributed by atoms with Crippen molar-refractivity contribution in [3.8, 4) is 11.1 Å². The summed E-state index contributed by atoms with van der Waals surface area (Å²) in [7, 11) is -3.00. The highest BCUT2D eigenvalue weighted by atomic mass is 32.2. The van der Waals surface area contributed by atoms with E-state index < -0.39 is 9.84 Å². The van der Waals surface area contributed by atoms with Crippen LogP contribution in [0.1, 0.15) is 0 Å². The monoisotopic (exact) mass is 359 g/mol. The molecule has 24 heavy (non-hydrogen) atoms. The van der Waals surface area contributed by atoms with Crippen molar-refractivity contribution in [3.63, 3.8) is 0 Å². The molecule has 0 spiro atoms. The molecule has 0 aliphatic carbocycles. The van der Waals surface area contributed by atoms with E-state index in [1.807, 2.05) is 53.4 Å². The summed E-state index contributed by atoms with van der Waals surface area (Å²) in [6.45, 7) is 0. The highest BCUT2D eigenvalue weighted by Gasteiger charge is 2.47. The summed E-state index contributed by atoms with van der Waals surface area (Å²) in [5.41, 5.74) is 9.53. The lowest BCUT2D eigenvalue weighted by Crippen LogP contribution is -2.36. The lowest BCUT2D eigenvalue weighted by atomic mass is 10.0. The fourth-order valence-corrected chi connectivity index (χ4v) is 5.68. The van der Waals surface area contributed by atoms with Crippen LogP contribution in [0.4, 0.5) is 11.4 Å². The molecular formula is C17H17N3O2S2. The third-order valence-electron chi connectivity index (χ3n) is 4.57. The number of nitrogens with two attached hydrogens (primary N) is 1. The number of nitrogens with one attached hydrogen (secondary N) is 1. The first kappa shape index (κ1) is 15.4. The van der Waals surface area contributed by atoms with Crippen LogP contribution in [0.25, 0.3) is 11.1 Å². The number of hydrogen-bond donors (Lipinski definition) is 2. The Hall–Kier alpha value is -2.12. The Bertz CT molecular complexity index is 892. The number of rotatable bonds is 2. The molecule has 2 unspecified atom stereocenters. The molecule has 2 saturated heterocycles. The maximum atomic E-state index is 11.9. The highest BCUT2D eigenvalue weighted by Crippen LogP contribution is 2.31. The quantitative estimate of drug-likeness (QED) is 0.629. The topological polar surface area (TPSA) is 75.4 Å². The predicted molar refractivity (Wildman–Crippen MR) is 101 cm³/mol. The molecule has 2 aromatic rings. The number of fused-ring (bicyclic) bond motifs is 1. The van der Waals surface area contributed by atoms with E-state index in [1.54, 1.807) is 0 Å². The molecule has 0 bridgehead atoms. The van der Waals surface area contributed by atoms with Crippen molar-refractivity contribution >= 4 is 38.5 Å². The number of nitrogens with zero attached hydrogens (tertiary/aromatic N) is 1. The Labute approximate surface area is 146 Å². The maximum Gasteiger partial charge on any atom is 0.174 e. The van der Waals surface area contributed by atoms with Gasteiger partial charge in [-0.05, 0) is 47.6 Å². The number of hydrogen-bond acceptors (Lipinski definition) is 4. The summed E-state index contributed by atoms with van der Waals surface area (Å²) in [5, 5.41) is 3.73. The predicted octanol–water partition coefficient (Wildman–Crippen LogP) is 1.80. The van der Waals surface area contributed by atoms with E-state index in [0.717, 1.165) is 22.5 Å². The van der Waals surface area contributed by atoms with Gasteiger partial charge in [0.2, 0.25) is 0 Å². The summed E-state index contributed by atoms with van der Waals surface area (Å²) in [5.74, 6) is 0.294. The van der Waals surface area contributed by atoms with Gasteiger partial charge < -0.3 is 16.0 Å². The van der Waals surface area contributed by atoms with Crippen molar-refractivity contribution in [3.05, 3.63) is 48.5 Å². The van der Waals surface area contributed by atoms with Gasteiger partial charge in [-0.1, -0.05) is 24.3 Å². The lowest BCUT2D eigenvalue weighted by Gasteiger charge is -2.23. The van der Waals surface area contributed by atoms with Gasteiger partial charge in [0, 0.05) is 11.4 Å². The lowest BCUT2D eigenvalue weighted by molar-refractivity contribution is 0.600. The number of benzene rings is 2. The third kappa shape index (κ3) is 2.63. The second-order valence-corrected chi connectivity index (χ2v) is 8.78. The molecular weight excluding hydrogens is 342 g/mol. The first-order valence-corrected chi connectivity index (χ1v) is 9.92. The molecule has 7 heteroatoms. The van der Waals surface area contributed by atoms with Gasteiger partial charge in [-0.25, -0.2) is 8.42 Å². The van der Waals surface area contributed by atoms with E-state index in [1.165, 1.54) is 0 Å². The summed E-state index contributed by atoms with van der Waals surface area (Å²) in [4.78, 5) is 1.93. The number of sulfone groups is 1. The normalized spacial score (nSPS) is 24.7. The Morgan fingerprint density at radius 1 is 1.00 bits per heavy atom. The summed E-state index contributed by atoms with van der Waals surface area (Å²) in [6, 6.07) is 15.5. The summed E-state index contributed by atoms with van der Waals surface area (Å²) < 4.78 is 23.7. The Balaban J connectivity index is 1.63. The SMILES string of the molecule is Nc1ccc(-c2ccc(N3C(=S)NC4CS(=O)(=O)CC43)cc2)cc1. The molecule has 2 heterocycles. The summed E-state index contributed by atoms with van der Waals surface area (Å²) >= 11 is 5.40. The van der Waals surface area contributed by atoms with Gasteiger partial charge in [0.25, 0.3) is 0 Å². The van der Waals surface area contributed by atoms with Crippen molar-refractivity contribution < 1.29 is 8.42 Å². The molecule has 124 valence electrons. The molecule has 2 aliphatic rings. The van der Waals surface area contributed by atoms with Crippen molar-refractivity contribution in [1.29, 1.82) is 0 Å². The van der Waals surface area contributed by atoms with Crippen molar-refractivity contribution in [2.24, 2.45) is 0 Å². The van der Waals surface area contributed by atoms with Crippen LogP contribution in [0, 0.1) is 0 Å². The minimum Gasteiger partial charge on any atom is -0.399 e. The van der Waals surface area contributed by atoms with Crippen LogP contribution in [0.15, 0.2) is 48.5 Å². The second-order valence-electron chi connectivity index (χ2n) is 6.24. The van der Waals surface area contributed by atoms with Crippen LogP contribution in [-0.2, 0) is 9.84 Å². The minimum atomic E-state index is -3.00. The standard InChI is InChI=1S/C17H17N3O2S2/c18-13-5-1-11(2-6-13)12-3-7-14(8-4-12)20-16-10-24(21,22)9-15(16)19-17(20)23/h1-8,15-16H,9-10,18H2,(H,19,23). The van der Waals surface area contributed by atoms with Gasteiger partial charge in [-0.2, -0.15) is 0 Å². The zero-order chi connectivity index (χ0) is 16.9. The van der Waals surface area contributed by atoms with E-state index in [2.05, 4.69) is 5.32 Å². The number of nitrogen functional groups attached to an aromatic ring is 1. The van der Waals surface area contributed by atoms with E-state index in [9.17, 15) is 8.42 Å². The molecule has 3 N–H and O–H groups in total. The molecule has 2 atom stereocenters. The fraction of sp³-hybridized carbons (Fsp3) is 0.235. The Kier molecular flexibility index (Phi) is 3.51. The van der Waals surface area contributed by atoms with Gasteiger partial charge >= 0.3 is 0 Å². The van der Waals surface area contributed by atoms with Gasteiger partial charge in [-0.3, -0.25) is 0 Å². The molecule has 4 rings (SSSR count). The number of thiocarbonyl (C=S) groups is 1. The number of anilines is 2. The molecule has 0 radical (unpaired) electrons. The molecule has 2 aromatic carbocycles. The van der Waals surface area contributed by atoms with Gasteiger partial charge in [0.1, 0.15) is 0 Å². The maximum absolute atomic E-state index is 11.9. The summed E-state index contributed by atoms with van der Waals surface area (Å²) in [6.07, 6.45) is 0. The zero-order valence-corrected chi connectivity index (χ0v) is 14.5. The Morgan fingerprint density at radius 3 is 2.21 bits per heavy atom. The van der Waals surface area contributed by atoms with E-state index in [4.69, 9.17) is 18.0 Å². The second kappa shape index (κ2) is 5.46. The molecule has 0 aromatic heterocycles. The van der Waals surface area contributed by atoms with E-state index in [-0.39, 0.29) is 23.6 Å². The van der Waals surface area contributed by atoms with Crippen LogP contribution < -0.4 is 16.0 Å². The van der Waals surface area contributed by atoms with Crippen molar-refractivity contribution in [2.75, 3.05) is 22.1 Å². The van der Waals surface area contributed by atoms with Crippen LogP contribution in [0.5, 0.6) is 0 Å². The third-order valence-corrected chi connectivity index (χ3v) is 6.60. The minimum absolute atomic E-state index is 0.112. The average molecular weight is 359 g/mol. The molecule has 5 nitrogen and oxygen atoms in total. The van der Waals surface area contributed by atoms with E-state index in [0.29, 0.717) is 5.11 Å². The van der Waals surface area contributed by atoms with Gasteiger partial charge in [-0.15, -0.1) is 0 Å². The van der Waals surface area contributed by atoms with Gasteiger partial charge in [0.05, 0.1) is 23.6 Å². The van der Waals surface area contributed by atoms with E-state index >= 15 is 0 Å². The van der Waals surface area contributed by atoms with Crippen LogP contribution in [0.3, 0.4) is 0 Å². The Morgan fingerprint density at radius 2 is 1.58 bits per heavy atom. The molecule has 2 aliphatic heterocycles. The smallest absolute Gasteiger partial charge is 0.174 e. The largest absolute Gasteiger partial charge is 0.399 e. The van der Waals surface area contributed by atoms with Crippen LogP contribution in [-0.4, -0.2) is 37.1 Å². The molecule has 2 fully saturated rings. The fourth-order valence-electron chi connectivity index (χ4n) is 3.40. The average Bonchev–Trinajstić information content (AvgIpc) is 2.98. The van der Waals surface area contributed by atoms with Crippen molar-refractivity contribution in [2.45, 2.75) is 12.1 Å². The van der Waals surface area contributed by atoms with Crippen molar-refractivity contribution in [1.82, 2.24) is 5.32 Å². The van der Waals surface area contributed by atoms with Crippen LogP contribution in [0.2, 0.25) is 0 Å².